The van der Waals surface area contributed by atoms with E-state index in [1.807, 2.05) is 26.1 Å². The number of hydrogen-bond acceptors (Lipinski definition) is 5. The molecular formula is C11H12ClN3OS. The Bertz CT molecular complexity index is 515. The molecule has 0 aromatic carbocycles. The summed E-state index contributed by atoms with van der Waals surface area (Å²) in [5, 5.41) is 4.27. The third-order valence-corrected chi connectivity index (χ3v) is 3.30. The highest BCUT2D eigenvalue weighted by molar-refractivity contribution is 7.98. The Balaban J connectivity index is 2.07. The van der Waals surface area contributed by atoms with Gasteiger partial charge in [0.05, 0.1) is 16.4 Å². The zero-order chi connectivity index (χ0) is 12.3. The lowest BCUT2D eigenvalue weighted by Crippen LogP contribution is -1.96. The van der Waals surface area contributed by atoms with Crippen LogP contribution in [0.3, 0.4) is 0 Å². The number of pyridine rings is 1. The summed E-state index contributed by atoms with van der Waals surface area (Å²) in [6, 6.07) is 3.67. The van der Waals surface area contributed by atoms with Gasteiger partial charge in [-0.2, -0.15) is 0 Å². The van der Waals surface area contributed by atoms with Crippen molar-refractivity contribution < 1.29 is 4.42 Å². The zero-order valence-corrected chi connectivity index (χ0v) is 11.1. The van der Waals surface area contributed by atoms with Crippen LogP contribution in [-0.2, 0) is 5.75 Å². The maximum absolute atomic E-state index is 6.07. The predicted octanol–water partition coefficient (Wildman–Crippen LogP) is 3.37. The molecule has 0 aliphatic carbocycles. The Morgan fingerprint density at radius 2 is 2.24 bits per heavy atom. The predicted molar refractivity (Wildman–Crippen MR) is 69.6 cm³/mol. The third-order valence-electron chi connectivity index (χ3n) is 2.11. The van der Waals surface area contributed by atoms with Crippen LogP contribution in [0.1, 0.15) is 11.4 Å². The first kappa shape index (κ1) is 12.3. The summed E-state index contributed by atoms with van der Waals surface area (Å²) in [6.45, 7) is 1.89. The SMILES string of the molecule is CNc1ccc(Cl)c(CSc2nc(C)co2)n1. The van der Waals surface area contributed by atoms with Crippen LogP contribution in [0, 0.1) is 6.92 Å². The zero-order valence-electron chi connectivity index (χ0n) is 9.53. The average Bonchev–Trinajstić information content (AvgIpc) is 2.74. The standard InChI is InChI=1S/C11H12ClN3OS/c1-7-5-16-11(14-7)17-6-9-8(12)3-4-10(13-2)15-9/h3-5H,6H2,1-2H3,(H,13,15). The molecule has 0 amide bonds. The van der Waals surface area contributed by atoms with Crippen molar-refractivity contribution in [1.29, 1.82) is 0 Å². The molecule has 2 aromatic heterocycles. The lowest BCUT2D eigenvalue weighted by atomic mass is 10.3. The number of rotatable bonds is 4. The van der Waals surface area contributed by atoms with E-state index in [0.29, 0.717) is 16.0 Å². The van der Waals surface area contributed by atoms with E-state index in [4.69, 9.17) is 16.0 Å². The topological polar surface area (TPSA) is 51.0 Å². The van der Waals surface area contributed by atoms with Crippen molar-refractivity contribution >= 4 is 29.2 Å². The molecule has 0 bridgehead atoms. The van der Waals surface area contributed by atoms with Crippen LogP contribution in [0.4, 0.5) is 5.82 Å². The highest BCUT2D eigenvalue weighted by Crippen LogP contribution is 2.25. The molecule has 0 atom stereocenters. The van der Waals surface area contributed by atoms with Crippen molar-refractivity contribution in [1.82, 2.24) is 9.97 Å². The number of aryl methyl sites for hydroxylation is 1. The summed E-state index contributed by atoms with van der Waals surface area (Å²) in [5.41, 5.74) is 1.69. The molecule has 0 saturated carbocycles. The minimum absolute atomic E-state index is 0.633. The number of oxazole rings is 1. The van der Waals surface area contributed by atoms with Crippen LogP contribution in [0.2, 0.25) is 5.02 Å². The van der Waals surface area contributed by atoms with Crippen LogP contribution in [-0.4, -0.2) is 17.0 Å². The van der Waals surface area contributed by atoms with Gasteiger partial charge in [0.25, 0.3) is 5.22 Å². The van der Waals surface area contributed by atoms with Gasteiger partial charge in [0, 0.05) is 12.8 Å². The monoisotopic (exact) mass is 269 g/mol. The molecule has 17 heavy (non-hydrogen) atoms. The van der Waals surface area contributed by atoms with Crippen LogP contribution in [0.5, 0.6) is 0 Å². The molecule has 90 valence electrons. The van der Waals surface area contributed by atoms with Crippen molar-refractivity contribution in [2.75, 3.05) is 12.4 Å². The van der Waals surface area contributed by atoms with E-state index in [-0.39, 0.29) is 0 Å². The van der Waals surface area contributed by atoms with Gasteiger partial charge in [0.1, 0.15) is 12.1 Å². The maximum Gasteiger partial charge on any atom is 0.256 e. The number of halogens is 1. The normalized spacial score (nSPS) is 10.5. The number of nitrogens with zero attached hydrogens (tertiary/aromatic N) is 2. The molecule has 0 radical (unpaired) electrons. The van der Waals surface area contributed by atoms with Gasteiger partial charge >= 0.3 is 0 Å². The number of nitrogens with one attached hydrogen (secondary N) is 1. The second kappa shape index (κ2) is 5.42. The van der Waals surface area contributed by atoms with E-state index in [2.05, 4.69) is 15.3 Å². The number of aromatic nitrogens is 2. The molecule has 2 aromatic rings. The van der Waals surface area contributed by atoms with Gasteiger partial charge in [0.2, 0.25) is 0 Å². The summed E-state index contributed by atoms with van der Waals surface area (Å²) in [5.74, 6) is 1.43. The van der Waals surface area contributed by atoms with Crippen molar-refractivity contribution in [2.24, 2.45) is 0 Å². The highest BCUT2D eigenvalue weighted by atomic mass is 35.5. The molecule has 6 heteroatoms. The Morgan fingerprint density at radius 3 is 2.88 bits per heavy atom. The van der Waals surface area contributed by atoms with E-state index < -0.39 is 0 Å². The quantitative estimate of drug-likeness (QED) is 0.863. The summed E-state index contributed by atoms with van der Waals surface area (Å²) >= 11 is 7.55. The Labute approximate surface area is 109 Å². The average molecular weight is 270 g/mol. The highest BCUT2D eigenvalue weighted by Gasteiger charge is 2.07. The molecule has 0 saturated heterocycles. The Hall–Kier alpha value is -1.20. The molecule has 0 spiro atoms. The van der Waals surface area contributed by atoms with Crippen molar-refractivity contribution in [3.8, 4) is 0 Å². The van der Waals surface area contributed by atoms with Crippen molar-refractivity contribution in [3.63, 3.8) is 0 Å². The van der Waals surface area contributed by atoms with E-state index in [1.165, 1.54) is 11.8 Å². The fourth-order valence-corrected chi connectivity index (χ4v) is 2.31. The largest absolute Gasteiger partial charge is 0.440 e. The second-order valence-corrected chi connectivity index (χ2v) is 4.75. The van der Waals surface area contributed by atoms with E-state index in [1.54, 1.807) is 6.26 Å². The first-order chi connectivity index (χ1) is 8.19. The fourth-order valence-electron chi connectivity index (χ4n) is 1.25. The van der Waals surface area contributed by atoms with Gasteiger partial charge < -0.3 is 9.73 Å². The summed E-state index contributed by atoms with van der Waals surface area (Å²) in [4.78, 5) is 8.59. The molecule has 2 heterocycles. The fraction of sp³-hybridized carbons (Fsp3) is 0.273. The number of hydrogen-bond donors (Lipinski definition) is 1. The molecule has 0 aliphatic heterocycles. The van der Waals surface area contributed by atoms with Gasteiger partial charge in [-0.25, -0.2) is 9.97 Å². The molecule has 0 aliphatic rings. The molecule has 0 unspecified atom stereocenters. The molecule has 0 fully saturated rings. The Kier molecular flexibility index (Phi) is 3.91. The number of thioether (sulfide) groups is 1. The smallest absolute Gasteiger partial charge is 0.256 e. The lowest BCUT2D eigenvalue weighted by molar-refractivity contribution is 0.454. The van der Waals surface area contributed by atoms with Crippen LogP contribution in [0.15, 0.2) is 28.0 Å². The van der Waals surface area contributed by atoms with Crippen LogP contribution in [0.25, 0.3) is 0 Å². The summed E-state index contributed by atoms with van der Waals surface area (Å²) < 4.78 is 5.25. The second-order valence-electron chi connectivity index (χ2n) is 3.42. The Morgan fingerprint density at radius 1 is 1.41 bits per heavy atom. The van der Waals surface area contributed by atoms with Gasteiger partial charge in [-0.15, -0.1) is 0 Å². The lowest BCUT2D eigenvalue weighted by Gasteiger charge is -2.04. The minimum Gasteiger partial charge on any atom is -0.440 e. The van der Waals surface area contributed by atoms with Gasteiger partial charge in [-0.05, 0) is 19.1 Å². The molecule has 2 rings (SSSR count). The van der Waals surface area contributed by atoms with E-state index in [0.717, 1.165) is 17.2 Å². The van der Waals surface area contributed by atoms with Gasteiger partial charge in [0.15, 0.2) is 0 Å². The number of anilines is 1. The maximum atomic E-state index is 6.07. The summed E-state index contributed by atoms with van der Waals surface area (Å²) in [6.07, 6.45) is 1.63. The first-order valence-corrected chi connectivity index (χ1v) is 6.43. The van der Waals surface area contributed by atoms with E-state index >= 15 is 0 Å². The summed E-state index contributed by atoms with van der Waals surface area (Å²) in [7, 11) is 1.82. The van der Waals surface area contributed by atoms with Crippen molar-refractivity contribution in [3.05, 3.63) is 34.8 Å². The minimum atomic E-state index is 0.633. The van der Waals surface area contributed by atoms with E-state index in [9.17, 15) is 0 Å². The third kappa shape index (κ3) is 3.14. The van der Waals surface area contributed by atoms with Crippen LogP contribution >= 0.6 is 23.4 Å². The van der Waals surface area contributed by atoms with Crippen LogP contribution < -0.4 is 5.32 Å². The van der Waals surface area contributed by atoms with Gasteiger partial charge in [-0.3, -0.25) is 0 Å². The molecule has 4 nitrogen and oxygen atoms in total. The van der Waals surface area contributed by atoms with Gasteiger partial charge in [-0.1, -0.05) is 23.4 Å². The van der Waals surface area contributed by atoms with Crippen molar-refractivity contribution in [2.45, 2.75) is 17.9 Å². The molecule has 1 N–H and O–H groups in total. The molecular weight excluding hydrogens is 258 g/mol. The first-order valence-electron chi connectivity index (χ1n) is 5.07.